The van der Waals surface area contributed by atoms with Crippen LogP contribution in [0, 0.1) is 13.8 Å². The number of hydrogen-bond acceptors (Lipinski definition) is 4. The van der Waals surface area contributed by atoms with E-state index in [9.17, 15) is 0 Å². The Hall–Kier alpha value is -2.41. The van der Waals surface area contributed by atoms with Gasteiger partial charge in [0.05, 0.1) is 10.7 Å². The number of nitrogens with one attached hydrogen (secondary N) is 2. The summed E-state index contributed by atoms with van der Waals surface area (Å²) >= 11 is 6.29. The minimum atomic E-state index is 0.522. The summed E-state index contributed by atoms with van der Waals surface area (Å²) < 4.78 is 13.1. The summed E-state index contributed by atoms with van der Waals surface area (Å²) in [5.41, 5.74) is 4.34. The number of guanidine groups is 1. The highest BCUT2D eigenvalue weighted by Crippen LogP contribution is 2.38. The van der Waals surface area contributed by atoms with Crippen molar-refractivity contribution in [2.24, 2.45) is 12.0 Å². The summed E-state index contributed by atoms with van der Waals surface area (Å²) in [5, 5.41) is 11.6. The fraction of sp³-hybridized carbons (Fsp3) is 0.444. The number of benzene rings is 1. The highest BCUT2D eigenvalue weighted by molar-refractivity contribution is 6.32. The number of nitrogens with zero attached hydrogens (tertiary/aromatic N) is 3. The first kappa shape index (κ1) is 18.4. The largest absolute Gasteiger partial charge is 0.486 e. The Labute approximate surface area is 158 Å². The first-order valence-corrected chi connectivity index (χ1v) is 8.89. The molecule has 2 heterocycles. The predicted octanol–water partition coefficient (Wildman–Crippen LogP) is 2.33. The Morgan fingerprint density at radius 2 is 1.96 bits per heavy atom. The molecule has 7 nitrogen and oxygen atoms in total. The fourth-order valence-corrected chi connectivity index (χ4v) is 3.21. The van der Waals surface area contributed by atoms with Gasteiger partial charge >= 0.3 is 0 Å². The Bertz CT molecular complexity index is 831. The molecule has 0 aliphatic carbocycles. The van der Waals surface area contributed by atoms with Crippen molar-refractivity contribution in [3.8, 4) is 11.5 Å². The number of fused-ring (bicyclic) bond motifs is 1. The average molecular weight is 378 g/mol. The number of hydrogen-bond donors (Lipinski definition) is 2. The molecule has 8 heteroatoms. The van der Waals surface area contributed by atoms with Gasteiger partial charge in [-0.25, -0.2) is 0 Å². The lowest BCUT2D eigenvalue weighted by Gasteiger charge is -2.20. The van der Waals surface area contributed by atoms with Gasteiger partial charge in [0.25, 0.3) is 0 Å². The molecule has 2 aromatic rings. The van der Waals surface area contributed by atoms with Crippen molar-refractivity contribution in [1.29, 1.82) is 0 Å². The SMILES string of the molecule is CN=C(NCc1cc(Cl)c2c(c1)OCCO2)NCc1c(C)nn(C)c1C. The number of rotatable bonds is 4. The molecule has 0 radical (unpaired) electrons. The van der Waals surface area contributed by atoms with Crippen LogP contribution in [0.15, 0.2) is 17.1 Å². The number of aryl methyl sites for hydroxylation is 2. The standard InChI is InChI=1S/C18H24ClN5O2/c1-11-14(12(2)24(4)23-11)10-22-18(20-3)21-9-13-7-15(19)17-16(8-13)25-5-6-26-17/h7-8H,5-6,9-10H2,1-4H3,(H2,20,21,22). The van der Waals surface area contributed by atoms with E-state index in [0.29, 0.717) is 48.8 Å². The quantitative estimate of drug-likeness (QED) is 0.632. The van der Waals surface area contributed by atoms with Crippen LogP contribution < -0.4 is 20.1 Å². The van der Waals surface area contributed by atoms with E-state index in [0.717, 1.165) is 17.0 Å². The summed E-state index contributed by atoms with van der Waals surface area (Å²) in [4.78, 5) is 4.27. The molecule has 0 atom stereocenters. The van der Waals surface area contributed by atoms with E-state index in [-0.39, 0.29) is 0 Å². The van der Waals surface area contributed by atoms with Crippen LogP contribution in [0.2, 0.25) is 5.02 Å². The molecule has 1 aromatic carbocycles. The van der Waals surface area contributed by atoms with Crippen molar-refractivity contribution >= 4 is 17.6 Å². The monoisotopic (exact) mass is 377 g/mol. The molecule has 26 heavy (non-hydrogen) atoms. The van der Waals surface area contributed by atoms with Gasteiger partial charge in [-0.15, -0.1) is 0 Å². The molecule has 0 saturated heterocycles. The summed E-state index contributed by atoms with van der Waals surface area (Å²) in [5.74, 6) is 2.01. The van der Waals surface area contributed by atoms with Crippen LogP contribution in [0.1, 0.15) is 22.5 Å². The smallest absolute Gasteiger partial charge is 0.191 e. The highest BCUT2D eigenvalue weighted by atomic mass is 35.5. The van der Waals surface area contributed by atoms with Crippen LogP contribution in [0.4, 0.5) is 0 Å². The van der Waals surface area contributed by atoms with Gasteiger partial charge in [0, 0.05) is 38.4 Å². The van der Waals surface area contributed by atoms with E-state index >= 15 is 0 Å². The molecule has 0 bridgehead atoms. The van der Waals surface area contributed by atoms with Gasteiger partial charge in [-0.1, -0.05) is 11.6 Å². The highest BCUT2D eigenvalue weighted by Gasteiger charge is 2.17. The molecular formula is C18H24ClN5O2. The first-order chi connectivity index (χ1) is 12.5. The lowest BCUT2D eigenvalue weighted by Crippen LogP contribution is -2.36. The van der Waals surface area contributed by atoms with Crippen molar-refractivity contribution in [3.05, 3.63) is 39.7 Å². The van der Waals surface area contributed by atoms with Gasteiger partial charge in [0.1, 0.15) is 13.2 Å². The lowest BCUT2D eigenvalue weighted by molar-refractivity contribution is 0.171. The van der Waals surface area contributed by atoms with Crippen LogP contribution in [0.5, 0.6) is 11.5 Å². The van der Waals surface area contributed by atoms with E-state index in [1.165, 1.54) is 5.56 Å². The Morgan fingerprint density at radius 1 is 1.23 bits per heavy atom. The first-order valence-electron chi connectivity index (χ1n) is 8.51. The molecule has 0 spiro atoms. The molecule has 140 valence electrons. The van der Waals surface area contributed by atoms with E-state index in [1.807, 2.05) is 30.8 Å². The summed E-state index contributed by atoms with van der Waals surface area (Å²) in [7, 11) is 3.69. The number of halogens is 1. The molecule has 0 saturated carbocycles. The second kappa shape index (κ2) is 7.86. The van der Waals surface area contributed by atoms with Crippen LogP contribution in [0.25, 0.3) is 0 Å². The third kappa shape index (κ3) is 3.88. The number of aromatic nitrogens is 2. The second-order valence-corrected chi connectivity index (χ2v) is 6.56. The normalized spacial score (nSPS) is 13.7. The maximum absolute atomic E-state index is 6.29. The molecule has 2 N–H and O–H groups in total. The van der Waals surface area contributed by atoms with Crippen molar-refractivity contribution in [2.75, 3.05) is 20.3 Å². The zero-order chi connectivity index (χ0) is 18.7. The number of aliphatic imine (C=N–C) groups is 1. The van der Waals surface area contributed by atoms with Crippen molar-refractivity contribution in [1.82, 2.24) is 20.4 Å². The second-order valence-electron chi connectivity index (χ2n) is 6.15. The molecule has 1 aliphatic rings. The van der Waals surface area contributed by atoms with E-state index in [2.05, 4.69) is 27.6 Å². The van der Waals surface area contributed by atoms with Gasteiger partial charge in [0.15, 0.2) is 17.5 Å². The molecule has 1 aliphatic heterocycles. The van der Waals surface area contributed by atoms with Crippen LogP contribution in [0.3, 0.4) is 0 Å². The van der Waals surface area contributed by atoms with Crippen molar-refractivity contribution < 1.29 is 9.47 Å². The summed E-state index contributed by atoms with van der Waals surface area (Å²) in [6.07, 6.45) is 0. The van der Waals surface area contributed by atoms with Crippen LogP contribution >= 0.6 is 11.6 Å². The maximum atomic E-state index is 6.29. The molecule has 0 amide bonds. The zero-order valence-corrected chi connectivity index (χ0v) is 16.3. The Balaban J connectivity index is 1.62. The topological polar surface area (TPSA) is 72.7 Å². The maximum Gasteiger partial charge on any atom is 0.191 e. The molecule has 3 rings (SSSR count). The molecule has 0 fully saturated rings. The summed E-state index contributed by atoms with van der Waals surface area (Å²) in [6.45, 7) is 6.36. The van der Waals surface area contributed by atoms with Gasteiger partial charge in [-0.05, 0) is 31.5 Å². The molecule has 1 aromatic heterocycles. The van der Waals surface area contributed by atoms with E-state index in [4.69, 9.17) is 21.1 Å². The fourth-order valence-electron chi connectivity index (χ4n) is 2.92. The van der Waals surface area contributed by atoms with Crippen molar-refractivity contribution in [3.63, 3.8) is 0 Å². The van der Waals surface area contributed by atoms with Crippen LogP contribution in [-0.4, -0.2) is 36.0 Å². The van der Waals surface area contributed by atoms with Crippen LogP contribution in [-0.2, 0) is 20.1 Å². The van der Waals surface area contributed by atoms with Crippen molar-refractivity contribution in [2.45, 2.75) is 26.9 Å². The Kier molecular flexibility index (Phi) is 5.56. The minimum absolute atomic E-state index is 0.522. The minimum Gasteiger partial charge on any atom is -0.486 e. The lowest BCUT2D eigenvalue weighted by atomic mass is 10.2. The van der Waals surface area contributed by atoms with Gasteiger partial charge in [-0.3, -0.25) is 9.67 Å². The van der Waals surface area contributed by atoms with Gasteiger partial charge in [0.2, 0.25) is 0 Å². The van der Waals surface area contributed by atoms with Gasteiger partial charge < -0.3 is 20.1 Å². The molecular weight excluding hydrogens is 354 g/mol. The average Bonchev–Trinajstić information content (AvgIpc) is 2.87. The Morgan fingerprint density at radius 3 is 2.65 bits per heavy atom. The predicted molar refractivity (Wildman–Crippen MR) is 102 cm³/mol. The summed E-state index contributed by atoms with van der Waals surface area (Å²) in [6, 6.07) is 3.82. The number of ether oxygens (including phenoxy) is 2. The third-order valence-electron chi connectivity index (χ3n) is 4.43. The zero-order valence-electron chi connectivity index (χ0n) is 15.5. The molecule has 0 unspecified atom stereocenters. The van der Waals surface area contributed by atoms with E-state index < -0.39 is 0 Å². The van der Waals surface area contributed by atoms with E-state index in [1.54, 1.807) is 7.05 Å². The van der Waals surface area contributed by atoms with Gasteiger partial charge in [-0.2, -0.15) is 5.10 Å². The third-order valence-corrected chi connectivity index (χ3v) is 4.71.